The first-order valence-corrected chi connectivity index (χ1v) is 39.6. The van der Waals surface area contributed by atoms with Gasteiger partial charge in [-0.25, -0.2) is 4.85 Å². The lowest BCUT2D eigenvalue weighted by molar-refractivity contribution is 0.661. The Morgan fingerprint density at radius 2 is 0.672 bits per heavy atom. The fourth-order valence-electron chi connectivity index (χ4n) is 19.8. The van der Waals surface area contributed by atoms with Crippen molar-refractivity contribution < 1.29 is 0 Å². The van der Waals surface area contributed by atoms with Gasteiger partial charge in [0.2, 0.25) is 0 Å². The van der Waals surface area contributed by atoms with Gasteiger partial charge in [0.1, 0.15) is 0 Å². The molecule has 0 aliphatic heterocycles. The summed E-state index contributed by atoms with van der Waals surface area (Å²) in [6.07, 6.45) is 7.51. The normalized spacial score (nSPS) is 13.5. The summed E-state index contributed by atoms with van der Waals surface area (Å²) < 4.78 is 7.07. The Morgan fingerprint density at radius 1 is 0.267 bits per heavy atom. The van der Waals surface area contributed by atoms with Gasteiger partial charge in [-0.05, 0) is 210 Å². The summed E-state index contributed by atoms with van der Waals surface area (Å²) in [5.74, 6) is 0. The molecule has 0 radical (unpaired) electrons. The van der Waals surface area contributed by atoms with E-state index in [2.05, 4.69) is 365 Å². The fourth-order valence-corrected chi connectivity index (χ4v) is 19.8. The maximum atomic E-state index is 7.49. The third-order valence-corrected chi connectivity index (χ3v) is 24.7. The van der Waals surface area contributed by atoms with Crippen molar-refractivity contribution in [1.82, 2.24) is 33.6 Å². The van der Waals surface area contributed by atoms with Crippen LogP contribution in [0.5, 0.6) is 0 Å². The average Bonchev–Trinajstić information content (AvgIpc) is 1.52. The molecule has 0 amide bonds. The highest BCUT2D eigenvalue weighted by atomic mass is 15.0. The number of benzene rings is 14. The molecule has 7 heterocycles. The van der Waals surface area contributed by atoms with E-state index in [1.807, 2.05) is 73.3 Å². The number of hydrogen-bond donors (Lipinski definition) is 0. The van der Waals surface area contributed by atoms with Crippen molar-refractivity contribution in [3.63, 3.8) is 0 Å². The molecular formula is C108H72N8. The van der Waals surface area contributed by atoms with Crippen molar-refractivity contribution in [2.75, 3.05) is 0 Å². The second-order valence-corrected chi connectivity index (χ2v) is 31.0. The zero-order valence-corrected chi connectivity index (χ0v) is 63.7. The van der Waals surface area contributed by atoms with Crippen LogP contribution in [0.25, 0.3) is 143 Å². The van der Waals surface area contributed by atoms with Gasteiger partial charge in [-0.15, -0.1) is 0 Å². The van der Waals surface area contributed by atoms with Crippen LogP contribution >= 0.6 is 0 Å². The van der Waals surface area contributed by atoms with Crippen LogP contribution in [-0.2, 0) is 16.2 Å². The molecule has 0 atom stereocenters. The molecule has 3 aliphatic carbocycles. The van der Waals surface area contributed by atoms with Crippen LogP contribution in [-0.4, -0.2) is 33.6 Å². The van der Waals surface area contributed by atoms with Crippen molar-refractivity contribution >= 4 is 82.3 Å². The molecule has 3 aliphatic rings. The van der Waals surface area contributed by atoms with Gasteiger partial charge >= 0.3 is 0 Å². The van der Waals surface area contributed by atoms with Gasteiger partial charge in [0.05, 0.1) is 78.4 Å². The third-order valence-electron chi connectivity index (χ3n) is 24.7. The number of nitrogens with zero attached hydrogens (tertiary/aromatic N) is 8. The molecule has 0 saturated heterocycles. The number of hydrogen-bond acceptors (Lipinski definition) is 4. The highest BCUT2D eigenvalue weighted by Gasteiger charge is 2.49. The standard InChI is InChI=1S/C40H26N2.C36H24N2.C32H22N4/c1-3-15-28(16-4-1)40(29-17-5-2-6-18-29)34-21-10-9-20-31(34)32-26-38-33(25-35(32)40)39-37(23-12-24-41-39)42(38)36-22-11-14-27-13-7-8-19-30(27)36;1-4-13-25(14-5-1)36(26-15-6-2-7-16-26)31-20-11-10-19-28(31)29-24-34-30(23-32(29)36)35-33(21-12-22-37-35)38(34)27-17-8-3-9-18-27;1-32(2)26-17-21(33-3)12-13-23(26)24-19-30-25(18-27(24)32)31-29(11-7-15-35-31)36(30)22-9-6-8-20(16-22)28-10-4-5-14-34-28/h1-26H;1-24H;4-19H,1-2H3. The first kappa shape index (κ1) is 67.7. The maximum absolute atomic E-state index is 7.49. The summed E-state index contributed by atoms with van der Waals surface area (Å²) >= 11 is 0. The third kappa shape index (κ3) is 10.1. The first-order valence-electron chi connectivity index (χ1n) is 39.6. The monoisotopic (exact) mass is 1480 g/mol. The van der Waals surface area contributed by atoms with E-state index >= 15 is 0 Å². The molecular weight excluding hydrogens is 1410 g/mol. The van der Waals surface area contributed by atoms with Gasteiger partial charge < -0.3 is 13.7 Å². The van der Waals surface area contributed by atoms with E-state index in [1.165, 1.54) is 127 Å². The molecule has 0 fully saturated rings. The second-order valence-electron chi connectivity index (χ2n) is 31.0. The van der Waals surface area contributed by atoms with Gasteiger partial charge in [-0.1, -0.05) is 275 Å². The van der Waals surface area contributed by atoms with E-state index in [0.717, 1.165) is 66.6 Å². The summed E-state index contributed by atoms with van der Waals surface area (Å²) in [6.45, 7) is 12.0. The Balaban J connectivity index is 0.000000106. The summed E-state index contributed by atoms with van der Waals surface area (Å²) in [4.78, 5) is 22.9. The topological polar surface area (TPSA) is 70.7 Å². The molecule has 0 bridgehead atoms. The van der Waals surface area contributed by atoms with E-state index in [0.29, 0.717) is 5.69 Å². The van der Waals surface area contributed by atoms with Gasteiger partial charge in [0.25, 0.3) is 0 Å². The number of aromatic nitrogens is 7. The van der Waals surface area contributed by atoms with Gasteiger partial charge in [0, 0.05) is 68.7 Å². The molecule has 7 aromatic heterocycles. The van der Waals surface area contributed by atoms with Crippen LogP contribution in [0.15, 0.2) is 401 Å². The number of para-hydroxylation sites is 1. The molecule has 0 saturated carbocycles. The smallest absolute Gasteiger partial charge is 0.187 e. The van der Waals surface area contributed by atoms with Crippen LogP contribution in [0.1, 0.15) is 69.5 Å². The predicted octanol–water partition coefficient (Wildman–Crippen LogP) is 26.3. The number of pyridine rings is 4. The van der Waals surface area contributed by atoms with Crippen LogP contribution in [0.4, 0.5) is 5.69 Å². The Morgan fingerprint density at radius 3 is 1.20 bits per heavy atom. The quantitative estimate of drug-likeness (QED) is 0.142. The highest BCUT2D eigenvalue weighted by Crippen LogP contribution is 2.60. The van der Waals surface area contributed by atoms with Crippen molar-refractivity contribution in [2.24, 2.45) is 0 Å². The van der Waals surface area contributed by atoms with E-state index in [4.69, 9.17) is 21.5 Å². The van der Waals surface area contributed by atoms with Crippen LogP contribution in [0.3, 0.4) is 0 Å². The van der Waals surface area contributed by atoms with Crippen molar-refractivity contribution in [2.45, 2.75) is 30.1 Å². The van der Waals surface area contributed by atoms with E-state index in [-0.39, 0.29) is 5.41 Å². The number of rotatable bonds is 8. The van der Waals surface area contributed by atoms with Crippen molar-refractivity contribution in [3.05, 3.63) is 468 Å². The molecule has 0 N–H and O–H groups in total. The summed E-state index contributed by atoms with van der Waals surface area (Å²) in [5, 5.41) is 5.94. The molecule has 21 aromatic rings. The molecule has 14 aromatic carbocycles. The zero-order chi connectivity index (χ0) is 77.2. The summed E-state index contributed by atoms with van der Waals surface area (Å²) in [7, 11) is 0. The Kier molecular flexibility index (Phi) is 15.6. The minimum atomic E-state index is -0.439. The second kappa shape index (κ2) is 26.8. The lowest BCUT2D eigenvalue weighted by Gasteiger charge is -2.33. The average molecular weight is 1480 g/mol. The summed E-state index contributed by atoms with van der Waals surface area (Å²) in [5.41, 5.74) is 35.3. The minimum Gasteiger partial charge on any atom is -0.308 e. The molecule has 544 valence electrons. The Hall–Kier alpha value is -15.2. The lowest BCUT2D eigenvalue weighted by Crippen LogP contribution is -2.28. The highest BCUT2D eigenvalue weighted by molar-refractivity contribution is 6.14. The van der Waals surface area contributed by atoms with Crippen LogP contribution in [0.2, 0.25) is 0 Å². The van der Waals surface area contributed by atoms with Gasteiger partial charge in [-0.2, -0.15) is 0 Å². The van der Waals surface area contributed by atoms with Crippen molar-refractivity contribution in [3.8, 4) is 61.7 Å². The van der Waals surface area contributed by atoms with E-state index in [9.17, 15) is 0 Å². The molecule has 0 unspecified atom stereocenters. The maximum Gasteiger partial charge on any atom is 0.187 e. The van der Waals surface area contributed by atoms with Gasteiger partial charge in [-0.3, -0.25) is 19.9 Å². The van der Waals surface area contributed by atoms with Crippen LogP contribution < -0.4 is 0 Å². The Labute approximate surface area is 671 Å². The molecule has 0 spiro atoms. The SMILES string of the molecule is [C-]#[N+]c1ccc2c(c1)C(C)(C)c1cc3c4ncccc4n(-c4cccc(-c5ccccn5)c4)c3cc1-2.c1ccc(-n2c3cc4c(cc3c3ncccc32)C(c2ccccc2)(c2ccccc2)c2ccccc2-4)cc1.c1ccc(C2(c3ccccc3)c3ccccc3-c3cc4c(cc32)c2ncccc2n4-c2cccc3ccccc23)cc1. The van der Waals surface area contributed by atoms with Gasteiger partial charge in [0.15, 0.2) is 5.69 Å². The minimum absolute atomic E-state index is 0.193. The molecule has 24 rings (SSSR count). The first-order chi connectivity index (χ1) is 57.3. The Bertz CT molecular complexity index is 7460. The molecule has 116 heavy (non-hydrogen) atoms. The lowest BCUT2D eigenvalue weighted by atomic mass is 9.67. The number of fused-ring (bicyclic) bond motifs is 19. The zero-order valence-electron chi connectivity index (χ0n) is 63.7. The van der Waals surface area contributed by atoms with E-state index < -0.39 is 10.8 Å². The molecule has 8 nitrogen and oxygen atoms in total. The fraction of sp³-hybridized carbons (Fsp3) is 0.0463. The van der Waals surface area contributed by atoms with E-state index in [1.54, 1.807) is 0 Å². The largest absolute Gasteiger partial charge is 0.308 e. The van der Waals surface area contributed by atoms with Crippen LogP contribution in [0, 0.1) is 6.57 Å². The van der Waals surface area contributed by atoms with Crippen molar-refractivity contribution in [1.29, 1.82) is 0 Å². The summed E-state index contributed by atoms with van der Waals surface area (Å²) in [6, 6.07) is 135. The predicted molar refractivity (Wildman–Crippen MR) is 475 cm³/mol. The molecule has 8 heteroatoms.